The molecule has 1 aliphatic rings. The molecule has 0 fully saturated rings. The minimum atomic E-state index is -0.0743. The van der Waals surface area contributed by atoms with Crippen LogP contribution in [0.4, 0.5) is 0 Å². The predicted octanol–water partition coefficient (Wildman–Crippen LogP) is 5.48. The van der Waals surface area contributed by atoms with Crippen molar-refractivity contribution in [3.8, 4) is 0 Å². The zero-order valence-corrected chi connectivity index (χ0v) is 13.6. The smallest absolute Gasteiger partial charge is 0.185 e. The molecule has 0 radical (unpaired) electrons. The topological polar surface area (TPSA) is 21.6 Å². The summed E-state index contributed by atoms with van der Waals surface area (Å²) in [6.45, 7) is 2.08. The Morgan fingerprint density at radius 1 is 1.00 bits per heavy atom. The maximum Gasteiger partial charge on any atom is 0.185 e. The molecule has 108 valence electrons. The van der Waals surface area contributed by atoms with Crippen molar-refractivity contribution in [2.45, 2.75) is 17.3 Å². The van der Waals surface area contributed by atoms with Crippen molar-refractivity contribution in [1.82, 2.24) is 0 Å². The van der Waals surface area contributed by atoms with Gasteiger partial charge in [0.2, 0.25) is 0 Å². The Kier molecular flexibility index (Phi) is 4.43. The number of nitrogens with zero attached hydrogens (tertiary/aromatic N) is 1. The zero-order valence-electron chi connectivity index (χ0n) is 11.3. The molecule has 3 rings (SSSR count). The minimum Gasteiger partial charge on any atom is -0.380 e. The van der Waals surface area contributed by atoms with Crippen molar-refractivity contribution in [2.24, 2.45) is 11.1 Å². The van der Waals surface area contributed by atoms with Crippen LogP contribution in [0.5, 0.6) is 0 Å². The predicted molar refractivity (Wildman–Crippen MR) is 89.3 cm³/mol. The van der Waals surface area contributed by atoms with Crippen LogP contribution in [0.15, 0.2) is 58.6 Å². The molecule has 2 aromatic rings. The number of benzene rings is 2. The second kappa shape index (κ2) is 6.30. The molecule has 0 saturated carbocycles. The van der Waals surface area contributed by atoms with E-state index in [0.29, 0.717) is 10.0 Å². The molecular weight excluding hydrogens is 325 g/mol. The van der Waals surface area contributed by atoms with E-state index in [2.05, 4.69) is 24.2 Å². The van der Waals surface area contributed by atoms with Crippen molar-refractivity contribution < 1.29 is 4.84 Å². The first-order valence-electron chi connectivity index (χ1n) is 6.56. The van der Waals surface area contributed by atoms with E-state index in [1.807, 2.05) is 36.4 Å². The molecule has 0 bridgehead atoms. The molecule has 2 aromatic carbocycles. The van der Waals surface area contributed by atoms with Crippen molar-refractivity contribution in [3.05, 3.63) is 64.1 Å². The Hall–Kier alpha value is -1.16. The Bertz CT molecular complexity index is 655. The fourth-order valence-electron chi connectivity index (χ4n) is 2.18. The molecule has 5 heteroatoms. The Morgan fingerprint density at radius 2 is 1.67 bits per heavy atom. The lowest BCUT2D eigenvalue weighted by atomic mass is 9.99. The van der Waals surface area contributed by atoms with E-state index >= 15 is 0 Å². The average Bonchev–Trinajstić information content (AvgIpc) is 2.82. The van der Waals surface area contributed by atoms with Gasteiger partial charge in [0.05, 0.1) is 21.7 Å². The van der Waals surface area contributed by atoms with Crippen LogP contribution in [0.1, 0.15) is 12.5 Å². The van der Waals surface area contributed by atoms with Gasteiger partial charge in [-0.15, -0.1) is 0 Å². The van der Waals surface area contributed by atoms with Gasteiger partial charge in [0, 0.05) is 10.5 Å². The molecule has 0 N–H and O–H groups in total. The zero-order chi connectivity index (χ0) is 14.8. The molecule has 0 aromatic heterocycles. The molecule has 0 amide bonds. The van der Waals surface area contributed by atoms with E-state index in [-0.39, 0.29) is 11.4 Å². The summed E-state index contributed by atoms with van der Waals surface area (Å²) in [5, 5.41) is 5.41. The van der Waals surface area contributed by atoms with Gasteiger partial charge in [-0.1, -0.05) is 71.3 Å². The number of hydrogen-bond donors (Lipinski definition) is 0. The number of rotatable bonds is 3. The normalized spacial score (nSPS) is 21.0. The molecule has 1 heterocycles. The number of thioether (sulfide) groups is 1. The van der Waals surface area contributed by atoms with Crippen molar-refractivity contribution in [3.63, 3.8) is 0 Å². The van der Waals surface area contributed by atoms with Gasteiger partial charge >= 0.3 is 0 Å². The second-order valence-corrected chi connectivity index (χ2v) is 6.75. The molecular formula is C16H13Cl2NOS. The van der Waals surface area contributed by atoms with E-state index in [4.69, 9.17) is 28.0 Å². The molecule has 0 aliphatic carbocycles. The maximum absolute atomic E-state index is 6.26. The van der Waals surface area contributed by atoms with Crippen LogP contribution < -0.4 is 0 Å². The highest BCUT2D eigenvalue weighted by molar-refractivity contribution is 7.99. The molecule has 2 atom stereocenters. The molecule has 2 nitrogen and oxygen atoms in total. The summed E-state index contributed by atoms with van der Waals surface area (Å²) < 4.78 is 0. The van der Waals surface area contributed by atoms with E-state index in [0.717, 1.165) is 16.2 Å². The molecule has 21 heavy (non-hydrogen) atoms. The third-order valence-electron chi connectivity index (χ3n) is 3.31. The van der Waals surface area contributed by atoms with Gasteiger partial charge in [-0.3, -0.25) is 0 Å². The maximum atomic E-state index is 6.26. The fourth-order valence-corrected chi connectivity index (χ4v) is 3.78. The Labute approximate surface area is 138 Å². The summed E-state index contributed by atoms with van der Waals surface area (Å²) in [4.78, 5) is 6.73. The van der Waals surface area contributed by atoms with Gasteiger partial charge in [0.1, 0.15) is 0 Å². The van der Waals surface area contributed by atoms with E-state index in [1.165, 1.54) is 0 Å². The van der Waals surface area contributed by atoms with Gasteiger partial charge in [-0.25, -0.2) is 0 Å². The summed E-state index contributed by atoms with van der Waals surface area (Å²) in [5.74, 6) is 0.104. The number of hydrogen-bond acceptors (Lipinski definition) is 3. The van der Waals surface area contributed by atoms with E-state index < -0.39 is 0 Å². The largest absolute Gasteiger partial charge is 0.380 e. The minimum absolute atomic E-state index is 0.0743. The van der Waals surface area contributed by atoms with Crippen LogP contribution in [0.3, 0.4) is 0 Å². The molecule has 1 aliphatic heterocycles. The summed E-state index contributed by atoms with van der Waals surface area (Å²) in [6.07, 6.45) is 0. The fraction of sp³-hybridized carbons (Fsp3) is 0.188. The van der Waals surface area contributed by atoms with Crippen LogP contribution in [0.25, 0.3) is 0 Å². The van der Waals surface area contributed by atoms with Crippen LogP contribution in [-0.2, 0) is 4.84 Å². The third-order valence-corrected chi connectivity index (χ3v) is 5.21. The lowest BCUT2D eigenvalue weighted by Gasteiger charge is -2.15. The van der Waals surface area contributed by atoms with Gasteiger partial charge in [0.25, 0.3) is 0 Å². The Balaban J connectivity index is 1.82. The van der Waals surface area contributed by atoms with E-state index in [1.54, 1.807) is 11.8 Å². The highest BCUT2D eigenvalue weighted by Gasteiger charge is 2.34. The van der Waals surface area contributed by atoms with Gasteiger partial charge in [0.15, 0.2) is 5.44 Å². The van der Waals surface area contributed by atoms with E-state index in [9.17, 15) is 0 Å². The summed E-state index contributed by atoms with van der Waals surface area (Å²) >= 11 is 14.2. The van der Waals surface area contributed by atoms with Crippen molar-refractivity contribution >= 4 is 40.7 Å². The summed E-state index contributed by atoms with van der Waals surface area (Å²) in [7, 11) is 0. The quantitative estimate of drug-likeness (QED) is 0.739. The van der Waals surface area contributed by atoms with Crippen LogP contribution in [0.2, 0.25) is 10.0 Å². The first-order valence-corrected chi connectivity index (χ1v) is 8.20. The number of oxime groups is 1. The summed E-state index contributed by atoms with van der Waals surface area (Å²) in [6, 6.07) is 15.6. The molecule has 0 saturated heterocycles. The highest BCUT2D eigenvalue weighted by Crippen LogP contribution is 2.38. The van der Waals surface area contributed by atoms with Crippen molar-refractivity contribution in [2.75, 3.05) is 0 Å². The van der Waals surface area contributed by atoms with Gasteiger partial charge < -0.3 is 4.84 Å². The lowest BCUT2D eigenvalue weighted by Crippen LogP contribution is -2.18. The summed E-state index contributed by atoms with van der Waals surface area (Å²) in [5.41, 5.74) is 1.50. The van der Waals surface area contributed by atoms with Crippen LogP contribution in [-0.4, -0.2) is 11.1 Å². The number of halogens is 2. The monoisotopic (exact) mass is 337 g/mol. The lowest BCUT2D eigenvalue weighted by molar-refractivity contribution is 0.131. The second-order valence-electron chi connectivity index (χ2n) is 4.77. The first kappa shape index (κ1) is 14.8. The SMILES string of the molecule is CC1C(c2c(Cl)cccc2Cl)=NOC1Sc1ccccc1. The Morgan fingerprint density at radius 3 is 2.33 bits per heavy atom. The standard InChI is InChI=1S/C16H13Cl2NOS/c1-10-15(14-12(17)8-5-9-13(14)18)19-20-16(10)21-11-6-3-2-4-7-11/h2-10,16H,1H3. The first-order chi connectivity index (χ1) is 10.2. The van der Waals surface area contributed by atoms with Gasteiger partial charge in [-0.2, -0.15) is 0 Å². The highest BCUT2D eigenvalue weighted by atomic mass is 35.5. The molecule has 0 spiro atoms. The average molecular weight is 338 g/mol. The van der Waals surface area contributed by atoms with Gasteiger partial charge in [-0.05, 0) is 24.3 Å². The molecule has 2 unspecified atom stereocenters. The van der Waals surface area contributed by atoms with Crippen molar-refractivity contribution in [1.29, 1.82) is 0 Å². The van der Waals surface area contributed by atoms with Crippen LogP contribution >= 0.6 is 35.0 Å². The third kappa shape index (κ3) is 3.05. The van der Waals surface area contributed by atoms with Crippen LogP contribution in [0, 0.1) is 5.92 Å².